The highest BCUT2D eigenvalue weighted by atomic mass is 19.1. The predicted octanol–water partition coefficient (Wildman–Crippen LogP) is 4.72. The van der Waals surface area contributed by atoms with Crippen LogP contribution in [0.4, 0.5) is 4.39 Å². The van der Waals surface area contributed by atoms with Crippen LogP contribution in [0.1, 0.15) is 58.6 Å². The minimum absolute atomic E-state index is 0.111. The van der Waals surface area contributed by atoms with Crippen LogP contribution in [-0.2, 0) is 6.54 Å². The Morgan fingerprint density at radius 3 is 2.22 bits per heavy atom. The lowest BCUT2D eigenvalue weighted by atomic mass is 10.0. The van der Waals surface area contributed by atoms with E-state index in [1.165, 1.54) is 5.56 Å². The van der Waals surface area contributed by atoms with Crippen LogP contribution in [0.5, 0.6) is 0 Å². The minimum Gasteiger partial charge on any atom is -0.312 e. The summed E-state index contributed by atoms with van der Waals surface area (Å²) in [4.78, 5) is 0. The van der Waals surface area contributed by atoms with Crippen molar-refractivity contribution in [1.29, 1.82) is 0 Å². The zero-order valence-electron chi connectivity index (χ0n) is 12.7. The lowest BCUT2D eigenvalue weighted by molar-refractivity contribution is 0.534. The topological polar surface area (TPSA) is 12.0 Å². The molecule has 0 aliphatic heterocycles. The maximum Gasteiger partial charge on any atom is 0.127 e. The molecule has 104 valence electrons. The summed E-state index contributed by atoms with van der Waals surface area (Å²) in [7, 11) is 0. The van der Waals surface area contributed by atoms with Crippen LogP contribution in [0.15, 0.2) is 18.2 Å². The molecule has 18 heavy (non-hydrogen) atoms. The highest BCUT2D eigenvalue weighted by molar-refractivity contribution is 5.27. The van der Waals surface area contributed by atoms with Gasteiger partial charge in [-0.3, -0.25) is 0 Å². The molecule has 0 saturated heterocycles. The average Bonchev–Trinajstić information content (AvgIpc) is 2.33. The molecule has 1 nitrogen and oxygen atoms in total. The third-order valence-corrected chi connectivity index (χ3v) is 2.60. The Balaban J connectivity index is 0.00000137. The smallest absolute Gasteiger partial charge is 0.127 e. The van der Waals surface area contributed by atoms with E-state index in [9.17, 15) is 4.39 Å². The predicted molar refractivity (Wildman–Crippen MR) is 78.4 cm³/mol. The number of rotatable bonds is 5. The van der Waals surface area contributed by atoms with E-state index in [-0.39, 0.29) is 5.82 Å². The van der Waals surface area contributed by atoms with Crippen LogP contribution >= 0.6 is 0 Å². The van der Waals surface area contributed by atoms with Gasteiger partial charge in [0, 0.05) is 12.1 Å². The zero-order chi connectivity index (χ0) is 14.1. The number of halogens is 1. The van der Waals surface area contributed by atoms with E-state index >= 15 is 0 Å². The normalized spacial score (nSPS) is 10.5. The minimum atomic E-state index is -0.111. The molecule has 0 saturated carbocycles. The highest BCUT2D eigenvalue weighted by Gasteiger charge is 2.06. The van der Waals surface area contributed by atoms with Gasteiger partial charge in [0.1, 0.15) is 5.82 Å². The van der Waals surface area contributed by atoms with Crippen LogP contribution in [0, 0.1) is 11.7 Å². The Labute approximate surface area is 112 Å². The molecule has 0 spiro atoms. The van der Waals surface area contributed by atoms with Gasteiger partial charge in [0.2, 0.25) is 0 Å². The van der Waals surface area contributed by atoms with Crippen LogP contribution in [0.25, 0.3) is 0 Å². The lowest BCUT2D eigenvalue weighted by Gasteiger charge is -2.11. The molecule has 0 aromatic heterocycles. The third-order valence-electron chi connectivity index (χ3n) is 2.60. The maximum atomic E-state index is 13.5. The van der Waals surface area contributed by atoms with Crippen molar-refractivity contribution in [2.75, 3.05) is 6.54 Å². The second kappa shape index (κ2) is 9.09. The van der Waals surface area contributed by atoms with Gasteiger partial charge in [-0.05, 0) is 30.0 Å². The van der Waals surface area contributed by atoms with E-state index in [0.29, 0.717) is 18.4 Å². The Kier molecular flexibility index (Phi) is 8.65. The lowest BCUT2D eigenvalue weighted by Crippen LogP contribution is -2.19. The molecule has 0 unspecified atom stereocenters. The van der Waals surface area contributed by atoms with Gasteiger partial charge < -0.3 is 5.32 Å². The van der Waals surface area contributed by atoms with Crippen molar-refractivity contribution in [1.82, 2.24) is 5.32 Å². The Bertz CT molecular complexity index is 332. The van der Waals surface area contributed by atoms with Gasteiger partial charge in [-0.15, -0.1) is 0 Å². The second-order valence-corrected chi connectivity index (χ2v) is 5.03. The summed E-state index contributed by atoms with van der Waals surface area (Å²) >= 11 is 0. The molecule has 1 aromatic rings. The number of benzene rings is 1. The summed E-state index contributed by atoms with van der Waals surface area (Å²) < 4.78 is 13.5. The molecule has 1 aromatic carbocycles. The largest absolute Gasteiger partial charge is 0.312 e. The van der Waals surface area contributed by atoms with E-state index in [1.54, 1.807) is 6.07 Å². The summed E-state index contributed by atoms with van der Waals surface area (Å²) in [5, 5.41) is 3.27. The van der Waals surface area contributed by atoms with Gasteiger partial charge >= 0.3 is 0 Å². The molecule has 1 rings (SSSR count). The van der Waals surface area contributed by atoms with Crippen LogP contribution in [0.3, 0.4) is 0 Å². The van der Waals surface area contributed by atoms with Crippen molar-refractivity contribution >= 4 is 0 Å². The highest BCUT2D eigenvalue weighted by Crippen LogP contribution is 2.18. The third kappa shape index (κ3) is 6.15. The monoisotopic (exact) mass is 253 g/mol. The molecule has 1 N–H and O–H groups in total. The Morgan fingerprint density at radius 1 is 1.11 bits per heavy atom. The van der Waals surface area contributed by atoms with Crippen molar-refractivity contribution in [2.45, 2.75) is 54.0 Å². The fraction of sp³-hybridized carbons (Fsp3) is 0.625. The molecule has 0 fully saturated rings. The summed E-state index contributed by atoms with van der Waals surface area (Å²) in [6.45, 7) is 14.1. The Morgan fingerprint density at radius 2 is 1.72 bits per heavy atom. The fourth-order valence-corrected chi connectivity index (χ4v) is 1.58. The summed E-state index contributed by atoms with van der Waals surface area (Å²) in [6.07, 6.45) is 0. The molecule has 0 bridgehead atoms. The number of hydrogen-bond donors (Lipinski definition) is 1. The van der Waals surface area contributed by atoms with E-state index in [0.717, 1.165) is 12.1 Å². The first kappa shape index (κ1) is 17.1. The molecular formula is C16H28FN. The van der Waals surface area contributed by atoms with Gasteiger partial charge in [0.25, 0.3) is 0 Å². The van der Waals surface area contributed by atoms with Gasteiger partial charge in [-0.1, -0.05) is 53.7 Å². The summed E-state index contributed by atoms with van der Waals surface area (Å²) in [5.41, 5.74) is 1.97. The Hall–Kier alpha value is -0.890. The molecule has 0 amide bonds. The van der Waals surface area contributed by atoms with Crippen LogP contribution in [0.2, 0.25) is 0 Å². The van der Waals surface area contributed by atoms with E-state index in [4.69, 9.17) is 0 Å². The number of nitrogens with one attached hydrogen (secondary N) is 1. The fourth-order valence-electron chi connectivity index (χ4n) is 1.58. The van der Waals surface area contributed by atoms with Crippen molar-refractivity contribution in [2.24, 2.45) is 5.92 Å². The molecule has 0 heterocycles. The number of hydrogen-bond acceptors (Lipinski definition) is 1. The zero-order valence-corrected chi connectivity index (χ0v) is 12.7. The van der Waals surface area contributed by atoms with Gasteiger partial charge in [-0.2, -0.15) is 0 Å². The standard InChI is InChI=1S/C14H22FN.C2H6/c1-10(2)8-16-9-13-7-12(11(3)4)5-6-14(13)15;1-2/h5-7,10-11,16H,8-9H2,1-4H3;1-2H3. The maximum absolute atomic E-state index is 13.5. The van der Waals surface area contributed by atoms with Gasteiger partial charge in [0.05, 0.1) is 0 Å². The summed E-state index contributed by atoms with van der Waals surface area (Å²) in [5.74, 6) is 0.932. The average molecular weight is 253 g/mol. The van der Waals surface area contributed by atoms with Crippen molar-refractivity contribution < 1.29 is 4.39 Å². The second-order valence-electron chi connectivity index (χ2n) is 5.03. The van der Waals surface area contributed by atoms with Crippen molar-refractivity contribution in [3.05, 3.63) is 35.1 Å². The van der Waals surface area contributed by atoms with E-state index < -0.39 is 0 Å². The van der Waals surface area contributed by atoms with Crippen LogP contribution < -0.4 is 5.32 Å². The molecule has 0 atom stereocenters. The first-order chi connectivity index (χ1) is 8.50. The quantitative estimate of drug-likeness (QED) is 0.800. The molecule has 0 radical (unpaired) electrons. The molecule has 0 aliphatic carbocycles. The van der Waals surface area contributed by atoms with Crippen LogP contribution in [-0.4, -0.2) is 6.54 Å². The molecule has 2 heteroatoms. The van der Waals surface area contributed by atoms with Gasteiger partial charge in [0.15, 0.2) is 0 Å². The van der Waals surface area contributed by atoms with Gasteiger partial charge in [-0.25, -0.2) is 4.39 Å². The van der Waals surface area contributed by atoms with Crippen molar-refractivity contribution in [3.63, 3.8) is 0 Å². The SMILES string of the molecule is CC.CC(C)CNCc1cc(C(C)C)ccc1F. The first-order valence-corrected chi connectivity index (χ1v) is 6.99. The van der Waals surface area contributed by atoms with E-state index in [2.05, 4.69) is 33.0 Å². The van der Waals surface area contributed by atoms with E-state index in [1.807, 2.05) is 26.0 Å². The summed E-state index contributed by atoms with van der Waals surface area (Å²) in [6, 6.07) is 5.40. The molecule has 0 aliphatic rings. The first-order valence-electron chi connectivity index (χ1n) is 6.99. The molecular weight excluding hydrogens is 225 g/mol. The van der Waals surface area contributed by atoms with Crippen molar-refractivity contribution in [3.8, 4) is 0 Å².